The van der Waals surface area contributed by atoms with Crippen LogP contribution in [0.1, 0.15) is 24.4 Å². The lowest BCUT2D eigenvalue weighted by Crippen LogP contribution is -2.33. The average molecular weight is 244 g/mol. The number of rotatable bonds is 2. The van der Waals surface area contributed by atoms with Gasteiger partial charge < -0.3 is 15.6 Å². The molecular formula is C14H20N4. The fourth-order valence-electron chi connectivity index (χ4n) is 2.84. The predicted octanol–water partition coefficient (Wildman–Crippen LogP) is 1.57. The van der Waals surface area contributed by atoms with Gasteiger partial charge in [0.25, 0.3) is 0 Å². The van der Waals surface area contributed by atoms with Crippen LogP contribution >= 0.6 is 0 Å². The lowest BCUT2D eigenvalue weighted by molar-refractivity contribution is 0.322. The van der Waals surface area contributed by atoms with Gasteiger partial charge >= 0.3 is 0 Å². The van der Waals surface area contributed by atoms with E-state index in [1.54, 1.807) is 0 Å². The van der Waals surface area contributed by atoms with Gasteiger partial charge in [0.15, 0.2) is 0 Å². The minimum atomic E-state index is 0.138. The second-order valence-corrected chi connectivity index (χ2v) is 5.22. The third-order valence-electron chi connectivity index (χ3n) is 4.03. The number of hydrogen-bond donors (Lipinski definition) is 2. The number of fused-ring (bicyclic) bond motifs is 1. The molecule has 1 aromatic carbocycles. The van der Waals surface area contributed by atoms with E-state index in [4.69, 9.17) is 5.73 Å². The molecule has 4 heteroatoms. The number of benzene rings is 1. The Morgan fingerprint density at radius 1 is 1.39 bits per heavy atom. The first-order chi connectivity index (χ1) is 8.75. The van der Waals surface area contributed by atoms with E-state index in [9.17, 15) is 0 Å². The van der Waals surface area contributed by atoms with Crippen molar-refractivity contribution in [2.45, 2.75) is 18.9 Å². The fraction of sp³-hybridized carbons (Fsp3) is 0.500. The van der Waals surface area contributed by atoms with Gasteiger partial charge in [-0.05, 0) is 49.5 Å². The summed E-state index contributed by atoms with van der Waals surface area (Å²) in [6.45, 7) is 2.17. The molecule has 1 atom stereocenters. The highest BCUT2D eigenvalue weighted by molar-refractivity contribution is 5.76. The molecule has 1 unspecified atom stereocenters. The highest BCUT2D eigenvalue weighted by Gasteiger charge is 2.21. The Hall–Kier alpha value is -1.39. The number of nitrogens with zero attached hydrogens (tertiary/aromatic N) is 2. The summed E-state index contributed by atoms with van der Waals surface area (Å²) < 4.78 is 2.04. The van der Waals surface area contributed by atoms with Gasteiger partial charge in [0.2, 0.25) is 0 Å². The molecule has 1 aliphatic heterocycles. The van der Waals surface area contributed by atoms with Crippen LogP contribution in [0.25, 0.3) is 11.0 Å². The molecule has 0 spiro atoms. The van der Waals surface area contributed by atoms with Crippen molar-refractivity contribution in [1.29, 1.82) is 0 Å². The molecular weight excluding hydrogens is 224 g/mol. The van der Waals surface area contributed by atoms with Crippen LogP contribution in [0, 0.1) is 5.92 Å². The van der Waals surface area contributed by atoms with Gasteiger partial charge in [-0.3, -0.25) is 0 Å². The van der Waals surface area contributed by atoms with Crippen molar-refractivity contribution in [2.75, 3.05) is 13.1 Å². The molecule has 1 fully saturated rings. The molecule has 96 valence electrons. The second kappa shape index (κ2) is 4.71. The zero-order valence-corrected chi connectivity index (χ0v) is 10.8. The number of aromatic nitrogens is 2. The standard InChI is InChI=1S/C14H20N4/c1-18-9-17-12-8-11(2-3-13(12)18)14(15)10-4-6-16-7-5-10/h2-3,8-10,14,16H,4-7,15H2,1H3. The molecule has 1 aliphatic rings. The van der Waals surface area contributed by atoms with Crippen molar-refractivity contribution >= 4 is 11.0 Å². The Bertz CT molecular complexity index is 540. The topological polar surface area (TPSA) is 55.9 Å². The number of nitrogens with two attached hydrogens (primary N) is 1. The van der Waals surface area contributed by atoms with E-state index in [1.165, 1.54) is 18.4 Å². The molecule has 2 aromatic rings. The van der Waals surface area contributed by atoms with E-state index < -0.39 is 0 Å². The van der Waals surface area contributed by atoms with Gasteiger partial charge in [0, 0.05) is 13.1 Å². The highest BCUT2D eigenvalue weighted by atomic mass is 15.0. The van der Waals surface area contributed by atoms with E-state index in [-0.39, 0.29) is 6.04 Å². The molecule has 0 radical (unpaired) electrons. The summed E-state index contributed by atoms with van der Waals surface area (Å²) >= 11 is 0. The molecule has 18 heavy (non-hydrogen) atoms. The Morgan fingerprint density at radius 3 is 2.94 bits per heavy atom. The zero-order valence-electron chi connectivity index (χ0n) is 10.8. The number of aryl methyl sites for hydroxylation is 1. The van der Waals surface area contributed by atoms with Crippen LogP contribution in [0.4, 0.5) is 0 Å². The molecule has 1 aromatic heterocycles. The average Bonchev–Trinajstić information content (AvgIpc) is 2.80. The van der Waals surface area contributed by atoms with Crippen LogP contribution in [0.5, 0.6) is 0 Å². The van der Waals surface area contributed by atoms with Gasteiger partial charge in [-0.15, -0.1) is 0 Å². The maximum absolute atomic E-state index is 6.41. The Morgan fingerprint density at radius 2 is 2.17 bits per heavy atom. The van der Waals surface area contributed by atoms with Crippen molar-refractivity contribution < 1.29 is 0 Å². The first-order valence-corrected chi connectivity index (χ1v) is 6.63. The van der Waals surface area contributed by atoms with Gasteiger partial charge in [0.05, 0.1) is 17.4 Å². The van der Waals surface area contributed by atoms with Crippen molar-refractivity contribution in [3.05, 3.63) is 30.1 Å². The zero-order chi connectivity index (χ0) is 12.5. The van der Waals surface area contributed by atoms with Crippen LogP contribution < -0.4 is 11.1 Å². The van der Waals surface area contributed by atoms with Crippen molar-refractivity contribution in [3.8, 4) is 0 Å². The molecule has 0 bridgehead atoms. The summed E-state index contributed by atoms with van der Waals surface area (Å²) in [6.07, 6.45) is 4.19. The maximum atomic E-state index is 6.41. The van der Waals surface area contributed by atoms with Crippen LogP contribution in [0.3, 0.4) is 0 Å². The maximum Gasteiger partial charge on any atom is 0.0955 e. The summed E-state index contributed by atoms with van der Waals surface area (Å²) in [7, 11) is 2.02. The van der Waals surface area contributed by atoms with E-state index in [2.05, 4.69) is 28.5 Å². The molecule has 0 aliphatic carbocycles. The lowest BCUT2D eigenvalue weighted by Gasteiger charge is -2.28. The Labute approximate surface area is 107 Å². The predicted molar refractivity (Wildman–Crippen MR) is 73.2 cm³/mol. The van der Waals surface area contributed by atoms with Crippen molar-refractivity contribution in [1.82, 2.24) is 14.9 Å². The SMILES string of the molecule is Cn1cnc2cc(C(N)C3CCNCC3)ccc21. The molecule has 4 nitrogen and oxygen atoms in total. The Balaban J connectivity index is 1.88. The molecule has 2 heterocycles. The smallest absolute Gasteiger partial charge is 0.0955 e. The second-order valence-electron chi connectivity index (χ2n) is 5.22. The van der Waals surface area contributed by atoms with Crippen LogP contribution in [0.15, 0.2) is 24.5 Å². The van der Waals surface area contributed by atoms with Crippen LogP contribution in [-0.2, 0) is 7.05 Å². The quantitative estimate of drug-likeness (QED) is 0.843. The number of piperidine rings is 1. The summed E-state index contributed by atoms with van der Waals surface area (Å²) in [4.78, 5) is 4.40. The summed E-state index contributed by atoms with van der Waals surface area (Å²) in [5.74, 6) is 0.590. The summed E-state index contributed by atoms with van der Waals surface area (Å²) in [6, 6.07) is 6.55. The number of imidazole rings is 1. The normalized spacial score (nSPS) is 19.2. The fourth-order valence-corrected chi connectivity index (χ4v) is 2.84. The van der Waals surface area contributed by atoms with Crippen LogP contribution in [-0.4, -0.2) is 22.6 Å². The summed E-state index contributed by atoms with van der Waals surface area (Å²) in [5.41, 5.74) is 9.83. The molecule has 1 saturated heterocycles. The largest absolute Gasteiger partial charge is 0.334 e. The van der Waals surface area contributed by atoms with Crippen molar-refractivity contribution in [3.63, 3.8) is 0 Å². The van der Waals surface area contributed by atoms with Gasteiger partial charge in [-0.1, -0.05) is 6.07 Å². The monoisotopic (exact) mass is 244 g/mol. The lowest BCUT2D eigenvalue weighted by atomic mass is 9.86. The van der Waals surface area contributed by atoms with Gasteiger partial charge in [0.1, 0.15) is 0 Å². The number of hydrogen-bond acceptors (Lipinski definition) is 3. The molecule has 3 N–H and O–H groups in total. The van der Waals surface area contributed by atoms with E-state index in [0.29, 0.717) is 5.92 Å². The van der Waals surface area contributed by atoms with E-state index >= 15 is 0 Å². The van der Waals surface area contributed by atoms with Crippen LogP contribution in [0.2, 0.25) is 0 Å². The molecule has 0 saturated carbocycles. The third kappa shape index (κ3) is 2.02. The first kappa shape index (κ1) is 11.7. The third-order valence-corrected chi connectivity index (χ3v) is 4.03. The van der Waals surface area contributed by atoms with E-state index in [0.717, 1.165) is 24.1 Å². The minimum absolute atomic E-state index is 0.138. The first-order valence-electron chi connectivity index (χ1n) is 6.63. The van der Waals surface area contributed by atoms with E-state index in [1.807, 2.05) is 17.9 Å². The molecule has 0 amide bonds. The summed E-state index contributed by atoms with van der Waals surface area (Å²) in [5, 5.41) is 3.38. The van der Waals surface area contributed by atoms with Gasteiger partial charge in [-0.2, -0.15) is 0 Å². The molecule has 3 rings (SSSR count). The van der Waals surface area contributed by atoms with Crippen molar-refractivity contribution in [2.24, 2.45) is 18.7 Å². The highest BCUT2D eigenvalue weighted by Crippen LogP contribution is 2.28. The Kier molecular flexibility index (Phi) is 3.06. The number of nitrogens with one attached hydrogen (secondary N) is 1. The minimum Gasteiger partial charge on any atom is -0.334 e. The van der Waals surface area contributed by atoms with Gasteiger partial charge in [-0.25, -0.2) is 4.98 Å².